The van der Waals surface area contributed by atoms with Crippen LogP contribution in [0.3, 0.4) is 0 Å². The Morgan fingerprint density at radius 3 is 2.62 bits per heavy atom. The molecule has 6 nitrogen and oxygen atoms in total. The number of carbonyl (C=O) groups is 2. The van der Waals surface area contributed by atoms with Crippen molar-refractivity contribution in [2.24, 2.45) is 0 Å². The third kappa shape index (κ3) is 4.05. The molecular formula is C19H20N4O2S. The highest BCUT2D eigenvalue weighted by Crippen LogP contribution is 2.18. The molecule has 0 saturated heterocycles. The number of hydrazine groups is 1. The zero-order valence-corrected chi connectivity index (χ0v) is 15.5. The summed E-state index contributed by atoms with van der Waals surface area (Å²) in [4.78, 5) is 29.6. The Balaban J connectivity index is 1.57. The lowest BCUT2D eigenvalue weighted by molar-refractivity contribution is -0.119. The van der Waals surface area contributed by atoms with Crippen molar-refractivity contribution in [3.05, 3.63) is 59.9 Å². The maximum atomic E-state index is 12.3. The SMILES string of the molecule is CCn1c(C)nc2cc(C(=O)NNC(=O)CSc3ccccc3)ccc21. The molecule has 0 radical (unpaired) electrons. The van der Waals surface area contributed by atoms with E-state index in [2.05, 4.69) is 27.3 Å². The number of fused-ring (bicyclic) bond motifs is 1. The molecular weight excluding hydrogens is 348 g/mol. The van der Waals surface area contributed by atoms with Crippen LogP contribution in [0.4, 0.5) is 0 Å². The number of rotatable bonds is 5. The molecule has 26 heavy (non-hydrogen) atoms. The van der Waals surface area contributed by atoms with Gasteiger partial charge in [0.15, 0.2) is 0 Å². The van der Waals surface area contributed by atoms with Crippen LogP contribution < -0.4 is 10.9 Å². The molecule has 134 valence electrons. The Morgan fingerprint density at radius 1 is 1.12 bits per heavy atom. The van der Waals surface area contributed by atoms with Gasteiger partial charge in [-0.05, 0) is 44.2 Å². The topological polar surface area (TPSA) is 76.0 Å². The third-order valence-electron chi connectivity index (χ3n) is 3.95. The van der Waals surface area contributed by atoms with Gasteiger partial charge in [0.25, 0.3) is 5.91 Å². The number of thioether (sulfide) groups is 1. The summed E-state index contributed by atoms with van der Waals surface area (Å²) >= 11 is 1.41. The highest BCUT2D eigenvalue weighted by Gasteiger charge is 2.12. The minimum Gasteiger partial charge on any atom is -0.329 e. The number of carbonyl (C=O) groups excluding carboxylic acids is 2. The number of nitrogens with zero attached hydrogens (tertiary/aromatic N) is 2. The van der Waals surface area contributed by atoms with Gasteiger partial charge in [0.2, 0.25) is 5.91 Å². The van der Waals surface area contributed by atoms with Gasteiger partial charge in [-0.3, -0.25) is 20.4 Å². The molecule has 0 fully saturated rings. The van der Waals surface area contributed by atoms with Crippen LogP contribution in [-0.2, 0) is 11.3 Å². The van der Waals surface area contributed by atoms with Crippen molar-refractivity contribution in [2.75, 3.05) is 5.75 Å². The van der Waals surface area contributed by atoms with E-state index < -0.39 is 0 Å². The smallest absolute Gasteiger partial charge is 0.269 e. The number of hydrogen-bond donors (Lipinski definition) is 2. The summed E-state index contributed by atoms with van der Waals surface area (Å²) < 4.78 is 2.08. The van der Waals surface area contributed by atoms with Crippen LogP contribution >= 0.6 is 11.8 Å². The number of hydrogen-bond acceptors (Lipinski definition) is 4. The molecule has 0 bridgehead atoms. The molecule has 0 aliphatic rings. The first kappa shape index (κ1) is 18.0. The van der Waals surface area contributed by atoms with E-state index in [4.69, 9.17) is 0 Å². The normalized spacial score (nSPS) is 10.7. The van der Waals surface area contributed by atoms with Gasteiger partial charge in [0, 0.05) is 17.0 Å². The van der Waals surface area contributed by atoms with E-state index in [0.29, 0.717) is 5.56 Å². The molecule has 0 unspecified atom stereocenters. The Bertz CT molecular complexity index is 937. The van der Waals surface area contributed by atoms with E-state index >= 15 is 0 Å². The van der Waals surface area contributed by atoms with Gasteiger partial charge in [0.05, 0.1) is 16.8 Å². The first-order valence-corrected chi connectivity index (χ1v) is 9.31. The highest BCUT2D eigenvalue weighted by molar-refractivity contribution is 8.00. The first-order chi connectivity index (χ1) is 12.6. The zero-order chi connectivity index (χ0) is 18.5. The molecule has 7 heteroatoms. The molecule has 0 saturated carbocycles. The van der Waals surface area contributed by atoms with Gasteiger partial charge in [-0.1, -0.05) is 18.2 Å². The van der Waals surface area contributed by atoms with Crippen LogP contribution in [0.25, 0.3) is 11.0 Å². The summed E-state index contributed by atoms with van der Waals surface area (Å²) in [5.74, 6) is 0.503. The number of amides is 2. The van der Waals surface area contributed by atoms with Crippen molar-refractivity contribution >= 4 is 34.6 Å². The van der Waals surface area contributed by atoms with Crippen molar-refractivity contribution in [1.82, 2.24) is 20.4 Å². The fourth-order valence-electron chi connectivity index (χ4n) is 2.69. The average Bonchev–Trinajstić information content (AvgIpc) is 2.99. The predicted molar refractivity (Wildman–Crippen MR) is 103 cm³/mol. The van der Waals surface area contributed by atoms with E-state index in [1.54, 1.807) is 12.1 Å². The van der Waals surface area contributed by atoms with Crippen molar-refractivity contribution in [1.29, 1.82) is 0 Å². The van der Waals surface area contributed by atoms with E-state index in [1.807, 2.05) is 43.3 Å². The maximum absolute atomic E-state index is 12.3. The zero-order valence-electron chi connectivity index (χ0n) is 14.7. The summed E-state index contributed by atoms with van der Waals surface area (Å²) in [7, 11) is 0. The van der Waals surface area contributed by atoms with Crippen LogP contribution in [0, 0.1) is 6.92 Å². The summed E-state index contributed by atoms with van der Waals surface area (Å²) in [6.07, 6.45) is 0. The molecule has 0 spiro atoms. The standard InChI is InChI=1S/C19H20N4O2S/c1-3-23-13(2)20-16-11-14(9-10-17(16)23)19(25)22-21-18(24)12-26-15-7-5-4-6-8-15/h4-11H,3,12H2,1-2H3,(H,21,24)(H,22,25). The molecule has 2 amide bonds. The van der Waals surface area contributed by atoms with Gasteiger partial charge in [-0.25, -0.2) is 4.98 Å². The van der Waals surface area contributed by atoms with Crippen molar-refractivity contribution < 1.29 is 9.59 Å². The fourth-order valence-corrected chi connectivity index (χ4v) is 3.41. The van der Waals surface area contributed by atoms with Crippen molar-refractivity contribution in [3.63, 3.8) is 0 Å². The van der Waals surface area contributed by atoms with Gasteiger partial charge in [-0.15, -0.1) is 11.8 Å². The fraction of sp³-hybridized carbons (Fsp3) is 0.211. The summed E-state index contributed by atoms with van der Waals surface area (Å²) in [5.41, 5.74) is 7.10. The molecule has 0 aliphatic carbocycles. The van der Waals surface area contributed by atoms with Gasteiger partial charge in [0.1, 0.15) is 5.82 Å². The average molecular weight is 368 g/mol. The van der Waals surface area contributed by atoms with Crippen LogP contribution in [0.5, 0.6) is 0 Å². The number of nitrogens with one attached hydrogen (secondary N) is 2. The van der Waals surface area contributed by atoms with Crippen molar-refractivity contribution in [2.45, 2.75) is 25.3 Å². The lowest BCUT2D eigenvalue weighted by Gasteiger charge is -2.08. The molecule has 2 N–H and O–H groups in total. The lowest BCUT2D eigenvalue weighted by Crippen LogP contribution is -2.42. The molecule has 1 aromatic heterocycles. The molecule has 3 rings (SSSR count). The van der Waals surface area contributed by atoms with E-state index in [1.165, 1.54) is 11.8 Å². The predicted octanol–water partition coefficient (Wildman–Crippen LogP) is 2.92. The Labute approximate surface area is 156 Å². The van der Waals surface area contributed by atoms with Gasteiger partial charge < -0.3 is 4.57 Å². The van der Waals surface area contributed by atoms with E-state index in [0.717, 1.165) is 28.3 Å². The number of benzene rings is 2. The first-order valence-electron chi connectivity index (χ1n) is 8.32. The molecule has 0 atom stereocenters. The monoisotopic (exact) mass is 368 g/mol. The van der Waals surface area contributed by atoms with Gasteiger partial charge in [-0.2, -0.15) is 0 Å². The number of imidazole rings is 1. The summed E-state index contributed by atoms with van der Waals surface area (Å²) in [5, 5.41) is 0. The van der Waals surface area contributed by atoms with Crippen LogP contribution in [0.2, 0.25) is 0 Å². The molecule has 0 aliphatic heterocycles. The summed E-state index contributed by atoms with van der Waals surface area (Å²) in [6.45, 7) is 4.81. The van der Waals surface area contributed by atoms with E-state index in [9.17, 15) is 9.59 Å². The van der Waals surface area contributed by atoms with Crippen molar-refractivity contribution in [3.8, 4) is 0 Å². The Morgan fingerprint density at radius 2 is 1.88 bits per heavy atom. The molecule has 2 aromatic carbocycles. The maximum Gasteiger partial charge on any atom is 0.269 e. The largest absolute Gasteiger partial charge is 0.329 e. The second-order valence-corrected chi connectivity index (χ2v) is 6.76. The number of aromatic nitrogens is 2. The van der Waals surface area contributed by atoms with Crippen LogP contribution in [0.1, 0.15) is 23.1 Å². The second-order valence-electron chi connectivity index (χ2n) is 5.71. The molecule has 3 aromatic rings. The van der Waals surface area contributed by atoms with Crippen LogP contribution in [-0.4, -0.2) is 27.1 Å². The minimum absolute atomic E-state index is 0.226. The molecule has 1 heterocycles. The minimum atomic E-state index is -0.367. The van der Waals surface area contributed by atoms with Crippen LogP contribution in [0.15, 0.2) is 53.4 Å². The lowest BCUT2D eigenvalue weighted by atomic mass is 10.2. The van der Waals surface area contributed by atoms with Gasteiger partial charge >= 0.3 is 0 Å². The Kier molecular flexibility index (Phi) is 5.58. The Hall–Kier alpha value is -2.80. The third-order valence-corrected chi connectivity index (χ3v) is 4.96. The quantitative estimate of drug-likeness (QED) is 0.536. The van der Waals surface area contributed by atoms with E-state index in [-0.39, 0.29) is 17.6 Å². The highest BCUT2D eigenvalue weighted by atomic mass is 32.2. The second kappa shape index (κ2) is 8.05. The summed E-state index contributed by atoms with van der Waals surface area (Å²) in [6, 6.07) is 15.0. The number of aryl methyl sites for hydroxylation is 2.